The molecule has 0 saturated carbocycles. The second kappa shape index (κ2) is 5.75. The predicted octanol–water partition coefficient (Wildman–Crippen LogP) is 2.73. The number of methoxy groups -OCH3 is 1. The Hall–Kier alpha value is -2.34. The van der Waals surface area contributed by atoms with Gasteiger partial charge < -0.3 is 14.7 Å². The van der Waals surface area contributed by atoms with E-state index < -0.39 is 5.97 Å². The molecular formula is C14H13NO4S. The van der Waals surface area contributed by atoms with Gasteiger partial charge in [0.25, 0.3) is 5.91 Å². The van der Waals surface area contributed by atoms with Crippen LogP contribution in [0.15, 0.2) is 35.7 Å². The fourth-order valence-corrected chi connectivity index (χ4v) is 2.59. The molecule has 0 aliphatic rings. The zero-order valence-electron chi connectivity index (χ0n) is 11.0. The topological polar surface area (TPSA) is 66.8 Å². The summed E-state index contributed by atoms with van der Waals surface area (Å²) in [5.74, 6) is -0.728. The molecule has 1 amide bonds. The number of carboxylic acid groups (broad SMARTS) is 1. The Labute approximate surface area is 120 Å². The van der Waals surface area contributed by atoms with E-state index in [4.69, 9.17) is 9.84 Å². The van der Waals surface area contributed by atoms with E-state index in [1.165, 1.54) is 29.4 Å². The lowest BCUT2D eigenvalue weighted by molar-refractivity contribution is 0.0697. The second-order valence-electron chi connectivity index (χ2n) is 4.04. The van der Waals surface area contributed by atoms with Gasteiger partial charge in [0.15, 0.2) is 0 Å². The van der Waals surface area contributed by atoms with Crippen LogP contribution in [0, 0.1) is 0 Å². The molecule has 1 N–H and O–H groups in total. The average molecular weight is 291 g/mol. The van der Waals surface area contributed by atoms with Gasteiger partial charge in [-0.15, -0.1) is 11.3 Å². The van der Waals surface area contributed by atoms with Crippen molar-refractivity contribution < 1.29 is 19.4 Å². The summed E-state index contributed by atoms with van der Waals surface area (Å²) in [6, 6.07) is 8.02. The van der Waals surface area contributed by atoms with Gasteiger partial charge in [-0.1, -0.05) is 12.1 Å². The molecule has 0 aliphatic heterocycles. The van der Waals surface area contributed by atoms with Crippen molar-refractivity contribution in [3.63, 3.8) is 0 Å². The highest BCUT2D eigenvalue weighted by Crippen LogP contribution is 2.26. The Morgan fingerprint density at radius 1 is 1.30 bits per heavy atom. The fraction of sp³-hybridized carbons (Fsp3) is 0.143. The van der Waals surface area contributed by atoms with Gasteiger partial charge in [0, 0.05) is 18.5 Å². The number of anilines is 1. The van der Waals surface area contributed by atoms with Crippen molar-refractivity contribution in [2.24, 2.45) is 0 Å². The van der Waals surface area contributed by atoms with Crippen molar-refractivity contribution in [3.8, 4) is 5.75 Å². The summed E-state index contributed by atoms with van der Waals surface area (Å²) in [5.41, 5.74) is 0.448. The number of carboxylic acids is 1. The number of rotatable bonds is 4. The molecule has 6 heteroatoms. The number of aromatic carboxylic acids is 1. The lowest BCUT2D eigenvalue weighted by Gasteiger charge is -2.18. The Morgan fingerprint density at radius 3 is 2.60 bits per heavy atom. The molecule has 20 heavy (non-hydrogen) atoms. The first-order chi connectivity index (χ1) is 9.54. The van der Waals surface area contributed by atoms with Gasteiger partial charge in [0.05, 0.1) is 23.2 Å². The van der Waals surface area contributed by atoms with Crippen LogP contribution in [-0.4, -0.2) is 31.1 Å². The summed E-state index contributed by atoms with van der Waals surface area (Å²) in [6.07, 6.45) is 0. The smallest absolute Gasteiger partial charge is 0.337 e. The third kappa shape index (κ3) is 2.65. The third-order valence-electron chi connectivity index (χ3n) is 2.82. The molecule has 2 aromatic rings. The molecule has 0 spiro atoms. The van der Waals surface area contributed by atoms with Gasteiger partial charge in [-0.2, -0.15) is 0 Å². The largest absolute Gasteiger partial charge is 0.496 e. The monoisotopic (exact) mass is 291 g/mol. The molecule has 1 heterocycles. The Morgan fingerprint density at radius 2 is 2.00 bits per heavy atom. The van der Waals surface area contributed by atoms with Crippen molar-refractivity contribution in [1.82, 2.24) is 0 Å². The maximum absolute atomic E-state index is 12.3. The van der Waals surface area contributed by atoms with Crippen molar-refractivity contribution >= 4 is 28.9 Å². The second-order valence-corrected chi connectivity index (χ2v) is 4.95. The van der Waals surface area contributed by atoms with Gasteiger partial charge in [0.1, 0.15) is 5.75 Å². The maximum atomic E-state index is 12.3. The number of carbonyl (C=O) groups is 2. The van der Waals surface area contributed by atoms with E-state index in [2.05, 4.69) is 0 Å². The Bertz CT molecular complexity index is 650. The summed E-state index contributed by atoms with van der Waals surface area (Å²) in [6.45, 7) is 0. The van der Waals surface area contributed by atoms with E-state index in [1.807, 2.05) is 0 Å². The molecule has 1 aromatic carbocycles. The molecule has 0 atom stereocenters. The summed E-state index contributed by atoms with van der Waals surface area (Å²) in [7, 11) is 3.08. The highest BCUT2D eigenvalue weighted by Gasteiger charge is 2.20. The minimum atomic E-state index is -1.07. The van der Waals surface area contributed by atoms with Crippen LogP contribution in [0.5, 0.6) is 5.75 Å². The first-order valence-corrected chi connectivity index (χ1v) is 6.65. The number of amides is 1. The van der Waals surface area contributed by atoms with Crippen LogP contribution >= 0.6 is 11.3 Å². The van der Waals surface area contributed by atoms with Gasteiger partial charge >= 0.3 is 5.97 Å². The van der Waals surface area contributed by atoms with Crippen LogP contribution in [0.3, 0.4) is 0 Å². The summed E-state index contributed by atoms with van der Waals surface area (Å²) >= 11 is 1.26. The zero-order chi connectivity index (χ0) is 14.7. The van der Waals surface area contributed by atoms with Crippen LogP contribution in [0.4, 0.5) is 5.69 Å². The van der Waals surface area contributed by atoms with Crippen molar-refractivity contribution in [2.75, 3.05) is 19.1 Å². The molecule has 1 aromatic heterocycles. The predicted molar refractivity (Wildman–Crippen MR) is 77.0 cm³/mol. The molecule has 5 nitrogen and oxygen atoms in total. The number of ether oxygens (including phenoxy) is 1. The number of benzene rings is 1. The van der Waals surface area contributed by atoms with E-state index in [0.29, 0.717) is 16.3 Å². The fourth-order valence-electron chi connectivity index (χ4n) is 1.76. The Kier molecular flexibility index (Phi) is 4.05. The molecule has 0 aliphatic carbocycles. The minimum Gasteiger partial charge on any atom is -0.496 e. The third-order valence-corrected chi connectivity index (χ3v) is 3.72. The van der Waals surface area contributed by atoms with Crippen LogP contribution in [0.1, 0.15) is 20.0 Å². The van der Waals surface area contributed by atoms with Crippen molar-refractivity contribution in [3.05, 3.63) is 46.2 Å². The number of carbonyl (C=O) groups excluding carboxylic acids is 1. The minimum absolute atomic E-state index is 0.0897. The SMILES string of the molecule is COc1csc(C(=O)N(C)c2ccccc2C(=O)O)c1. The molecular weight excluding hydrogens is 278 g/mol. The first-order valence-electron chi connectivity index (χ1n) is 5.77. The van der Waals surface area contributed by atoms with Gasteiger partial charge in [-0.3, -0.25) is 4.79 Å². The number of thiophene rings is 1. The van der Waals surface area contributed by atoms with Crippen LogP contribution in [0.2, 0.25) is 0 Å². The Balaban J connectivity index is 2.33. The summed E-state index contributed by atoms with van der Waals surface area (Å²) in [4.78, 5) is 25.3. The molecule has 0 radical (unpaired) electrons. The highest BCUT2D eigenvalue weighted by atomic mass is 32.1. The van der Waals surface area contributed by atoms with E-state index in [1.54, 1.807) is 36.7 Å². The van der Waals surface area contributed by atoms with Crippen molar-refractivity contribution in [1.29, 1.82) is 0 Å². The lowest BCUT2D eigenvalue weighted by Crippen LogP contribution is -2.27. The van der Waals surface area contributed by atoms with Crippen LogP contribution in [-0.2, 0) is 0 Å². The standard InChI is InChI=1S/C14H13NO4S/c1-15(11-6-4-3-5-10(11)14(17)18)13(16)12-7-9(19-2)8-20-12/h3-8H,1-2H3,(H,17,18). The zero-order valence-corrected chi connectivity index (χ0v) is 11.8. The normalized spacial score (nSPS) is 10.1. The summed E-state index contributed by atoms with van der Waals surface area (Å²) in [5, 5.41) is 10.9. The maximum Gasteiger partial charge on any atom is 0.337 e. The van der Waals surface area contributed by atoms with Crippen molar-refractivity contribution in [2.45, 2.75) is 0 Å². The lowest BCUT2D eigenvalue weighted by atomic mass is 10.1. The number of hydrogen-bond donors (Lipinski definition) is 1. The molecule has 0 fully saturated rings. The quantitative estimate of drug-likeness (QED) is 0.940. The van der Waals surface area contributed by atoms with Gasteiger partial charge in [0.2, 0.25) is 0 Å². The first kappa shape index (κ1) is 14.1. The summed E-state index contributed by atoms with van der Waals surface area (Å²) < 4.78 is 5.04. The van der Waals surface area contributed by atoms with E-state index in [0.717, 1.165) is 0 Å². The van der Waals surface area contributed by atoms with E-state index in [-0.39, 0.29) is 11.5 Å². The molecule has 0 bridgehead atoms. The van der Waals surface area contributed by atoms with Gasteiger partial charge in [-0.25, -0.2) is 4.79 Å². The molecule has 2 rings (SSSR count). The molecule has 0 unspecified atom stereocenters. The van der Waals surface area contributed by atoms with Crippen LogP contribution < -0.4 is 9.64 Å². The average Bonchev–Trinajstić information content (AvgIpc) is 2.94. The van der Waals surface area contributed by atoms with Gasteiger partial charge in [-0.05, 0) is 12.1 Å². The highest BCUT2D eigenvalue weighted by molar-refractivity contribution is 7.12. The number of para-hydroxylation sites is 1. The molecule has 104 valence electrons. The number of hydrogen-bond acceptors (Lipinski definition) is 4. The van der Waals surface area contributed by atoms with Crippen LogP contribution in [0.25, 0.3) is 0 Å². The van der Waals surface area contributed by atoms with E-state index in [9.17, 15) is 9.59 Å². The molecule has 0 saturated heterocycles. The number of nitrogens with zero attached hydrogens (tertiary/aromatic N) is 1. The van der Waals surface area contributed by atoms with E-state index >= 15 is 0 Å².